The average molecular weight is 249 g/mol. The maximum absolute atomic E-state index is 9.47. The van der Waals surface area contributed by atoms with E-state index in [9.17, 15) is 5.11 Å². The van der Waals surface area contributed by atoms with Crippen LogP contribution in [0.3, 0.4) is 0 Å². The van der Waals surface area contributed by atoms with Crippen molar-refractivity contribution >= 4 is 5.82 Å². The van der Waals surface area contributed by atoms with Crippen LogP contribution in [0.15, 0.2) is 6.20 Å². The van der Waals surface area contributed by atoms with Gasteiger partial charge in [0.2, 0.25) is 0 Å². The molecule has 0 spiro atoms. The van der Waals surface area contributed by atoms with Crippen molar-refractivity contribution in [1.82, 2.24) is 9.97 Å². The van der Waals surface area contributed by atoms with Crippen molar-refractivity contribution in [2.45, 2.75) is 46.0 Å². The van der Waals surface area contributed by atoms with Gasteiger partial charge in [0.05, 0.1) is 6.61 Å². The van der Waals surface area contributed by atoms with Gasteiger partial charge in [0, 0.05) is 23.7 Å². The van der Waals surface area contributed by atoms with E-state index in [1.165, 1.54) is 12.0 Å². The third kappa shape index (κ3) is 2.80. The van der Waals surface area contributed by atoms with Gasteiger partial charge in [-0.1, -0.05) is 19.8 Å². The van der Waals surface area contributed by atoms with Gasteiger partial charge in [0.1, 0.15) is 11.6 Å². The van der Waals surface area contributed by atoms with Gasteiger partial charge >= 0.3 is 0 Å². The van der Waals surface area contributed by atoms with Gasteiger partial charge in [-0.25, -0.2) is 9.97 Å². The van der Waals surface area contributed by atoms with E-state index in [0.29, 0.717) is 0 Å². The zero-order valence-electron chi connectivity index (χ0n) is 11.4. The molecule has 0 atom stereocenters. The number of hydrogen-bond donors (Lipinski definition) is 2. The normalized spacial score (nSPS) is 17.3. The third-order valence-electron chi connectivity index (χ3n) is 3.88. The van der Waals surface area contributed by atoms with Crippen LogP contribution < -0.4 is 5.32 Å². The highest BCUT2D eigenvalue weighted by Crippen LogP contribution is 2.40. The SMILES string of the molecule is CCCc1cnc(C)nc1NCC1(CO)CCC1. The van der Waals surface area contributed by atoms with Crippen molar-refractivity contribution in [3.8, 4) is 0 Å². The summed E-state index contributed by atoms with van der Waals surface area (Å²) in [6.07, 6.45) is 7.46. The molecule has 1 aromatic rings. The van der Waals surface area contributed by atoms with E-state index in [4.69, 9.17) is 0 Å². The Bertz CT molecular complexity index is 397. The maximum atomic E-state index is 9.47. The molecule has 4 nitrogen and oxygen atoms in total. The monoisotopic (exact) mass is 249 g/mol. The molecular weight excluding hydrogens is 226 g/mol. The fraction of sp³-hybridized carbons (Fsp3) is 0.714. The highest BCUT2D eigenvalue weighted by Gasteiger charge is 2.36. The number of nitrogens with one attached hydrogen (secondary N) is 1. The number of aliphatic hydroxyl groups excluding tert-OH is 1. The van der Waals surface area contributed by atoms with Crippen LogP contribution in [0.4, 0.5) is 5.82 Å². The van der Waals surface area contributed by atoms with Crippen molar-refractivity contribution < 1.29 is 5.11 Å². The van der Waals surface area contributed by atoms with Crippen molar-refractivity contribution in [3.63, 3.8) is 0 Å². The second-order valence-corrected chi connectivity index (χ2v) is 5.41. The van der Waals surface area contributed by atoms with Gasteiger partial charge in [-0.3, -0.25) is 0 Å². The third-order valence-corrected chi connectivity index (χ3v) is 3.88. The van der Waals surface area contributed by atoms with Gasteiger partial charge in [0.15, 0.2) is 0 Å². The first-order valence-corrected chi connectivity index (χ1v) is 6.86. The topological polar surface area (TPSA) is 58.0 Å². The predicted molar refractivity (Wildman–Crippen MR) is 72.6 cm³/mol. The Morgan fingerprint density at radius 3 is 2.78 bits per heavy atom. The number of hydrogen-bond acceptors (Lipinski definition) is 4. The molecule has 1 saturated carbocycles. The summed E-state index contributed by atoms with van der Waals surface area (Å²) in [7, 11) is 0. The minimum absolute atomic E-state index is 0.0857. The summed E-state index contributed by atoms with van der Waals surface area (Å²) < 4.78 is 0. The zero-order chi connectivity index (χ0) is 13.0. The van der Waals surface area contributed by atoms with Crippen LogP contribution in [0.5, 0.6) is 0 Å². The van der Waals surface area contributed by atoms with Crippen molar-refractivity contribution in [3.05, 3.63) is 17.6 Å². The quantitative estimate of drug-likeness (QED) is 0.812. The summed E-state index contributed by atoms with van der Waals surface area (Å²) in [5, 5.41) is 12.9. The Morgan fingerprint density at radius 1 is 1.44 bits per heavy atom. The van der Waals surface area contributed by atoms with Crippen LogP contribution in [0, 0.1) is 12.3 Å². The van der Waals surface area contributed by atoms with E-state index in [0.717, 1.165) is 43.9 Å². The summed E-state index contributed by atoms with van der Waals surface area (Å²) in [5.74, 6) is 1.74. The molecule has 2 rings (SSSR count). The van der Waals surface area contributed by atoms with Gasteiger partial charge in [0.25, 0.3) is 0 Å². The molecule has 0 aliphatic heterocycles. The van der Waals surface area contributed by atoms with E-state index in [-0.39, 0.29) is 12.0 Å². The van der Waals surface area contributed by atoms with Crippen LogP contribution in [0.25, 0.3) is 0 Å². The molecule has 0 radical (unpaired) electrons. The van der Waals surface area contributed by atoms with E-state index in [2.05, 4.69) is 22.2 Å². The first-order chi connectivity index (χ1) is 8.69. The molecule has 1 aliphatic carbocycles. The molecule has 100 valence electrons. The molecule has 1 aliphatic rings. The summed E-state index contributed by atoms with van der Waals surface area (Å²) in [5.41, 5.74) is 1.26. The van der Waals surface area contributed by atoms with E-state index in [1.807, 2.05) is 13.1 Å². The first kappa shape index (κ1) is 13.3. The molecule has 0 amide bonds. The molecule has 0 saturated heterocycles. The first-order valence-electron chi connectivity index (χ1n) is 6.86. The Hall–Kier alpha value is -1.16. The highest BCUT2D eigenvalue weighted by molar-refractivity contribution is 5.43. The fourth-order valence-corrected chi connectivity index (χ4v) is 2.44. The fourth-order valence-electron chi connectivity index (χ4n) is 2.44. The van der Waals surface area contributed by atoms with Gasteiger partial charge < -0.3 is 10.4 Å². The molecule has 2 N–H and O–H groups in total. The number of aryl methyl sites for hydroxylation is 2. The Kier molecular flexibility index (Phi) is 4.17. The van der Waals surface area contributed by atoms with Crippen LogP contribution in [0.2, 0.25) is 0 Å². The standard InChI is InChI=1S/C14H23N3O/c1-3-5-12-8-15-11(2)17-13(12)16-9-14(10-18)6-4-7-14/h8,18H,3-7,9-10H2,1-2H3,(H,15,16,17). The van der Waals surface area contributed by atoms with Crippen LogP contribution in [-0.2, 0) is 6.42 Å². The van der Waals surface area contributed by atoms with Crippen molar-refractivity contribution in [1.29, 1.82) is 0 Å². The van der Waals surface area contributed by atoms with Crippen LogP contribution in [-0.4, -0.2) is 28.2 Å². The number of anilines is 1. The number of aliphatic hydroxyl groups is 1. The molecule has 0 aromatic carbocycles. The van der Waals surface area contributed by atoms with E-state index >= 15 is 0 Å². The smallest absolute Gasteiger partial charge is 0.132 e. The maximum Gasteiger partial charge on any atom is 0.132 e. The minimum atomic E-state index is 0.0857. The van der Waals surface area contributed by atoms with Gasteiger partial charge in [-0.05, 0) is 26.2 Å². The van der Waals surface area contributed by atoms with Crippen molar-refractivity contribution in [2.75, 3.05) is 18.5 Å². The predicted octanol–water partition coefficient (Wildman–Crippen LogP) is 2.31. The molecule has 0 unspecified atom stereocenters. The summed E-state index contributed by atoms with van der Waals surface area (Å²) in [6.45, 7) is 5.15. The molecule has 1 heterocycles. The highest BCUT2D eigenvalue weighted by atomic mass is 16.3. The lowest BCUT2D eigenvalue weighted by Crippen LogP contribution is -2.40. The molecule has 1 fully saturated rings. The molecule has 0 bridgehead atoms. The van der Waals surface area contributed by atoms with Gasteiger partial charge in [-0.2, -0.15) is 0 Å². The largest absolute Gasteiger partial charge is 0.396 e. The number of aromatic nitrogens is 2. The molecule has 1 aromatic heterocycles. The Morgan fingerprint density at radius 2 is 2.22 bits per heavy atom. The summed E-state index contributed by atoms with van der Waals surface area (Å²) >= 11 is 0. The van der Waals surface area contributed by atoms with Crippen molar-refractivity contribution in [2.24, 2.45) is 5.41 Å². The molecule has 4 heteroatoms. The van der Waals surface area contributed by atoms with Gasteiger partial charge in [-0.15, -0.1) is 0 Å². The van der Waals surface area contributed by atoms with E-state index < -0.39 is 0 Å². The molecular formula is C14H23N3O. The summed E-state index contributed by atoms with van der Waals surface area (Å²) in [4.78, 5) is 8.74. The second kappa shape index (κ2) is 5.65. The Labute approximate surface area is 109 Å². The minimum Gasteiger partial charge on any atom is -0.396 e. The summed E-state index contributed by atoms with van der Waals surface area (Å²) in [6, 6.07) is 0. The lowest BCUT2D eigenvalue weighted by Gasteiger charge is -2.40. The Balaban J connectivity index is 2.05. The number of nitrogens with zero attached hydrogens (tertiary/aromatic N) is 2. The lowest BCUT2D eigenvalue weighted by molar-refractivity contribution is 0.0575. The lowest BCUT2D eigenvalue weighted by atomic mass is 9.69. The molecule has 18 heavy (non-hydrogen) atoms. The van der Waals surface area contributed by atoms with Crippen LogP contribution in [0.1, 0.15) is 44.0 Å². The van der Waals surface area contributed by atoms with Crippen LogP contribution >= 0.6 is 0 Å². The zero-order valence-corrected chi connectivity index (χ0v) is 11.4. The second-order valence-electron chi connectivity index (χ2n) is 5.41. The van der Waals surface area contributed by atoms with E-state index in [1.54, 1.807) is 0 Å². The number of rotatable bonds is 6. The average Bonchev–Trinajstić information content (AvgIpc) is 2.32.